The first-order chi connectivity index (χ1) is 20.7. The summed E-state index contributed by atoms with van der Waals surface area (Å²) in [7, 11) is 0. The molecular weight excluding hydrogens is 548 g/mol. The fraction of sp³-hybridized carbons (Fsp3) is 0.730. The van der Waals surface area contributed by atoms with E-state index in [2.05, 4.69) is 64.5 Å². The van der Waals surface area contributed by atoms with Gasteiger partial charge in [-0.1, -0.05) is 60.1 Å². The van der Waals surface area contributed by atoms with Gasteiger partial charge in [0.25, 0.3) is 0 Å². The van der Waals surface area contributed by atoms with Crippen LogP contribution in [-0.4, -0.2) is 37.2 Å². The molecule has 4 saturated carbocycles. The summed E-state index contributed by atoms with van der Waals surface area (Å²) >= 11 is 0. The van der Waals surface area contributed by atoms with E-state index in [-0.39, 0.29) is 56.5 Å². The van der Waals surface area contributed by atoms with Crippen molar-refractivity contribution in [1.82, 2.24) is 19.1 Å². The maximum absolute atomic E-state index is 14.3. The minimum Gasteiger partial charge on any atom is -0.445 e. The van der Waals surface area contributed by atoms with E-state index < -0.39 is 0 Å². The van der Waals surface area contributed by atoms with Crippen molar-refractivity contribution in [2.75, 3.05) is 0 Å². The molecule has 0 bridgehead atoms. The van der Waals surface area contributed by atoms with Gasteiger partial charge in [0.05, 0.1) is 5.41 Å². The molecule has 2 heterocycles. The predicted molar refractivity (Wildman–Crippen MR) is 170 cm³/mol. The normalized spacial score (nSPS) is 42.1. The Balaban J connectivity index is 1.23. The lowest BCUT2D eigenvalue weighted by atomic mass is 9.33. The van der Waals surface area contributed by atoms with Gasteiger partial charge >= 0.3 is 6.09 Å². The number of ether oxygens (including phenoxy) is 1. The molecule has 7 heteroatoms. The quantitative estimate of drug-likeness (QED) is 0.323. The molecule has 7 rings (SSSR count). The maximum atomic E-state index is 14.3. The van der Waals surface area contributed by atoms with Crippen LogP contribution in [0.5, 0.6) is 0 Å². The summed E-state index contributed by atoms with van der Waals surface area (Å²) in [5.74, 6) is 1.56. The van der Waals surface area contributed by atoms with Crippen LogP contribution in [0.2, 0.25) is 0 Å². The first kappa shape index (κ1) is 30.0. The zero-order chi connectivity index (χ0) is 31.3. The molecule has 7 nitrogen and oxygen atoms in total. The maximum Gasteiger partial charge on any atom is 0.419 e. The summed E-state index contributed by atoms with van der Waals surface area (Å²) in [5, 5.41) is 0. The molecule has 0 spiro atoms. The molecule has 44 heavy (non-hydrogen) atoms. The van der Waals surface area contributed by atoms with Crippen LogP contribution in [0.4, 0.5) is 4.79 Å². The Labute approximate surface area is 263 Å². The summed E-state index contributed by atoms with van der Waals surface area (Å²) < 4.78 is 9.41. The third-order valence-corrected chi connectivity index (χ3v) is 14.7. The Bertz CT molecular complexity index is 1470. The first-order valence-electron chi connectivity index (χ1n) is 17.1. The third-order valence-electron chi connectivity index (χ3n) is 14.7. The Kier molecular flexibility index (Phi) is 6.58. The van der Waals surface area contributed by atoms with Crippen molar-refractivity contribution in [3.05, 3.63) is 49.1 Å². The molecule has 0 saturated heterocycles. The van der Waals surface area contributed by atoms with Crippen molar-refractivity contribution in [3.8, 4) is 0 Å². The van der Waals surface area contributed by atoms with Crippen LogP contribution in [0.1, 0.15) is 117 Å². The van der Waals surface area contributed by atoms with Gasteiger partial charge < -0.3 is 4.74 Å². The van der Waals surface area contributed by atoms with Crippen molar-refractivity contribution >= 4 is 12.0 Å². The number of carbonyl (C=O) groups is 2. The van der Waals surface area contributed by atoms with Gasteiger partial charge in [0.2, 0.25) is 5.91 Å². The lowest BCUT2D eigenvalue weighted by Crippen LogP contribution is -2.65. The number of aromatic nitrogens is 4. The van der Waals surface area contributed by atoms with Gasteiger partial charge in [-0.05, 0) is 104 Å². The topological polar surface area (TPSA) is 79.0 Å². The van der Waals surface area contributed by atoms with E-state index in [1.807, 2.05) is 6.20 Å². The number of hydrogen-bond acceptors (Lipinski definition) is 5. The van der Waals surface area contributed by atoms with Crippen LogP contribution in [0.25, 0.3) is 0 Å². The van der Waals surface area contributed by atoms with Gasteiger partial charge in [0, 0.05) is 30.2 Å². The molecule has 0 unspecified atom stereocenters. The molecule has 0 amide bonds. The SMILES string of the molecule is CC1(C)CC[C@]2(C(=O)n3ccnc3)CC[C@]3(C)C(=CC[C@@H]4[C@@]5(C)CC[C@H](OC(=O)n6ccnc6)C(C)(C)[C@@H]5CC[C@]43C)[C@@H]2C1. The monoisotopic (exact) mass is 600 g/mol. The summed E-state index contributed by atoms with van der Waals surface area (Å²) in [6.45, 7) is 17.3. The van der Waals surface area contributed by atoms with E-state index in [1.54, 1.807) is 35.1 Å². The lowest BCUT2D eigenvalue weighted by Gasteiger charge is -2.71. The minimum atomic E-state index is -0.342. The molecule has 0 N–H and O–H groups in total. The molecule has 0 radical (unpaired) electrons. The Morgan fingerprint density at radius 2 is 1.50 bits per heavy atom. The van der Waals surface area contributed by atoms with Gasteiger partial charge in [0.1, 0.15) is 18.8 Å². The second-order valence-corrected chi connectivity index (χ2v) is 17.3. The average Bonchev–Trinajstić information content (AvgIpc) is 3.70. The largest absolute Gasteiger partial charge is 0.445 e. The highest BCUT2D eigenvalue weighted by Gasteiger charge is 2.69. The van der Waals surface area contributed by atoms with Crippen LogP contribution in [-0.2, 0) is 4.74 Å². The minimum absolute atomic E-state index is 0.0651. The van der Waals surface area contributed by atoms with Crippen LogP contribution in [0.15, 0.2) is 49.1 Å². The molecule has 4 fully saturated rings. The van der Waals surface area contributed by atoms with Crippen LogP contribution in [0, 0.1) is 50.2 Å². The zero-order valence-electron chi connectivity index (χ0n) is 27.9. The van der Waals surface area contributed by atoms with E-state index >= 15 is 0 Å². The molecule has 0 aliphatic heterocycles. The van der Waals surface area contributed by atoms with Crippen molar-refractivity contribution in [2.24, 2.45) is 50.2 Å². The summed E-state index contributed by atoms with van der Waals surface area (Å²) in [6, 6.07) is 0. The second kappa shape index (κ2) is 9.65. The number of hydrogen-bond donors (Lipinski definition) is 0. The highest BCUT2D eigenvalue weighted by molar-refractivity contribution is 5.86. The molecule has 238 valence electrons. The van der Waals surface area contributed by atoms with Gasteiger partial charge in [-0.25, -0.2) is 19.3 Å². The lowest BCUT2D eigenvalue weighted by molar-refractivity contribution is -0.201. The van der Waals surface area contributed by atoms with Crippen LogP contribution < -0.4 is 0 Å². The molecule has 0 aromatic carbocycles. The molecule has 2 aromatic rings. The zero-order valence-corrected chi connectivity index (χ0v) is 27.9. The highest BCUT2D eigenvalue weighted by atomic mass is 16.6. The van der Waals surface area contributed by atoms with E-state index in [4.69, 9.17) is 4.74 Å². The van der Waals surface area contributed by atoms with E-state index in [0.29, 0.717) is 11.8 Å². The fourth-order valence-corrected chi connectivity index (χ4v) is 12.0. The van der Waals surface area contributed by atoms with E-state index in [0.717, 1.165) is 57.8 Å². The molecule has 8 atom stereocenters. The smallest absolute Gasteiger partial charge is 0.419 e. The van der Waals surface area contributed by atoms with Crippen LogP contribution in [0.3, 0.4) is 0 Å². The van der Waals surface area contributed by atoms with Gasteiger partial charge in [-0.2, -0.15) is 0 Å². The Morgan fingerprint density at radius 3 is 2.18 bits per heavy atom. The van der Waals surface area contributed by atoms with Crippen molar-refractivity contribution in [1.29, 1.82) is 0 Å². The second-order valence-electron chi connectivity index (χ2n) is 17.3. The molecule has 5 aliphatic carbocycles. The number of carbonyl (C=O) groups excluding carboxylic acids is 2. The number of imidazole rings is 2. The number of fused-ring (bicyclic) bond motifs is 7. The van der Waals surface area contributed by atoms with Crippen molar-refractivity contribution in [2.45, 2.75) is 119 Å². The first-order valence-corrected chi connectivity index (χ1v) is 17.1. The van der Waals surface area contributed by atoms with Gasteiger partial charge in [0.15, 0.2) is 0 Å². The third kappa shape index (κ3) is 3.98. The highest BCUT2D eigenvalue weighted by Crippen LogP contribution is 2.76. The molecule has 2 aromatic heterocycles. The number of allylic oxidation sites excluding steroid dienone is 2. The van der Waals surface area contributed by atoms with Crippen molar-refractivity contribution in [3.63, 3.8) is 0 Å². The molecule has 5 aliphatic rings. The van der Waals surface area contributed by atoms with Crippen molar-refractivity contribution < 1.29 is 14.3 Å². The number of nitrogens with zero attached hydrogens (tertiary/aromatic N) is 4. The fourth-order valence-electron chi connectivity index (χ4n) is 12.0. The van der Waals surface area contributed by atoms with Crippen LogP contribution >= 0.6 is 0 Å². The summed E-state index contributed by atoms with van der Waals surface area (Å²) in [4.78, 5) is 35.6. The predicted octanol–water partition coefficient (Wildman–Crippen LogP) is 8.58. The molecular formula is C37H52N4O3. The van der Waals surface area contributed by atoms with E-state index in [1.165, 1.54) is 17.3 Å². The Morgan fingerprint density at radius 1 is 0.818 bits per heavy atom. The average molecular weight is 601 g/mol. The van der Waals surface area contributed by atoms with E-state index in [9.17, 15) is 9.59 Å². The summed E-state index contributed by atoms with van der Waals surface area (Å²) in [6.07, 6.45) is 22.8. The number of rotatable bonds is 2. The van der Waals surface area contributed by atoms with Gasteiger partial charge in [-0.15, -0.1) is 0 Å². The standard InChI is InChI=1S/C37H52N4O3/c1-32(2)14-16-37(30(42)40-20-18-38-23-40)17-15-35(6)25(26(37)22-32)8-9-28-34(5)12-11-29(44-31(43)41-21-19-39-24-41)33(3,4)27(34)10-13-36(28,35)7/h8,18-21,23-24,26-29H,9-17,22H2,1-7H3/t26-,27-,28+,29-,34-,35+,36+,37-/m0/s1. The van der Waals surface area contributed by atoms with Gasteiger partial charge in [-0.3, -0.25) is 9.36 Å². The Hall–Kier alpha value is -2.70. The summed E-state index contributed by atoms with van der Waals surface area (Å²) in [5.41, 5.74) is 1.73.